The minimum atomic E-state index is -0.258. The Morgan fingerprint density at radius 3 is 2.91 bits per heavy atom. The molecule has 1 atom stereocenters. The van der Waals surface area contributed by atoms with Gasteiger partial charge in [-0.05, 0) is 25.8 Å². The summed E-state index contributed by atoms with van der Waals surface area (Å²) >= 11 is 0. The second kappa shape index (κ2) is 6.44. The maximum absolute atomic E-state index is 12.1. The molecule has 1 amide bonds. The Morgan fingerprint density at radius 2 is 2.18 bits per heavy atom. The molecule has 1 aromatic heterocycles. The second-order valence-electron chi connectivity index (χ2n) is 5.93. The number of morpholine rings is 1. The van der Waals surface area contributed by atoms with Crippen molar-refractivity contribution in [3.8, 4) is 0 Å². The highest BCUT2D eigenvalue weighted by Crippen LogP contribution is 2.24. The van der Waals surface area contributed by atoms with Crippen molar-refractivity contribution >= 4 is 11.8 Å². The first kappa shape index (κ1) is 15.0. The third kappa shape index (κ3) is 3.27. The number of rotatable bonds is 5. The first-order valence-electron chi connectivity index (χ1n) is 7.77. The molecule has 3 heterocycles. The van der Waals surface area contributed by atoms with Crippen molar-refractivity contribution in [3.63, 3.8) is 0 Å². The predicted octanol–water partition coefficient (Wildman–Crippen LogP) is 2.14. The summed E-state index contributed by atoms with van der Waals surface area (Å²) in [5.74, 6) is 0. The number of aromatic nitrogens is 1. The molecule has 6 nitrogen and oxygen atoms in total. The number of amides is 1. The average Bonchev–Trinajstić information content (AvgIpc) is 3.12. The molecule has 22 heavy (non-hydrogen) atoms. The number of carbonyl (C=O) groups excluding carboxylic acids is 1. The number of hydrogen-bond donors (Lipinski definition) is 0. The Balaban J connectivity index is 1.63. The normalized spacial score (nSPS) is 22.0. The minimum absolute atomic E-state index is 0.0454. The van der Waals surface area contributed by atoms with Crippen LogP contribution in [0.2, 0.25) is 0 Å². The lowest BCUT2D eigenvalue weighted by molar-refractivity contribution is 0.111. The van der Waals surface area contributed by atoms with E-state index in [2.05, 4.69) is 11.6 Å². The van der Waals surface area contributed by atoms with Crippen LogP contribution in [-0.2, 0) is 9.47 Å². The highest BCUT2D eigenvalue weighted by atomic mass is 16.6. The third-order valence-electron chi connectivity index (χ3n) is 4.06. The topological polar surface area (TPSA) is 46.9 Å². The summed E-state index contributed by atoms with van der Waals surface area (Å²) in [6, 6.07) is 1.96. The number of ether oxygens (including phenoxy) is 2. The van der Waals surface area contributed by atoms with Gasteiger partial charge in [0.25, 0.3) is 0 Å². The number of cyclic esters (lactones) is 1. The molecule has 0 saturated carbocycles. The predicted molar refractivity (Wildman–Crippen MR) is 84.9 cm³/mol. The third-order valence-corrected chi connectivity index (χ3v) is 4.06. The van der Waals surface area contributed by atoms with Crippen LogP contribution < -0.4 is 9.91 Å². The van der Waals surface area contributed by atoms with Crippen LogP contribution in [0.5, 0.6) is 0 Å². The SMILES string of the molecule is C=C(C)CCC1CN(c2ccn(N3CCOCC3)c2)C(=O)O1. The van der Waals surface area contributed by atoms with Crippen LogP contribution in [0, 0.1) is 0 Å². The van der Waals surface area contributed by atoms with Crippen molar-refractivity contribution in [1.82, 2.24) is 4.68 Å². The summed E-state index contributed by atoms with van der Waals surface area (Å²) in [5.41, 5.74) is 2.00. The quantitative estimate of drug-likeness (QED) is 0.782. The van der Waals surface area contributed by atoms with Crippen molar-refractivity contribution in [3.05, 3.63) is 30.6 Å². The van der Waals surface area contributed by atoms with Gasteiger partial charge in [-0.3, -0.25) is 9.58 Å². The van der Waals surface area contributed by atoms with Gasteiger partial charge < -0.3 is 14.5 Å². The fraction of sp³-hybridized carbons (Fsp3) is 0.562. The lowest BCUT2D eigenvalue weighted by Gasteiger charge is -2.29. The Labute approximate surface area is 130 Å². The van der Waals surface area contributed by atoms with Crippen LogP contribution >= 0.6 is 0 Å². The molecule has 120 valence electrons. The van der Waals surface area contributed by atoms with Gasteiger partial charge in [-0.2, -0.15) is 0 Å². The molecular formula is C16H23N3O3. The lowest BCUT2D eigenvalue weighted by atomic mass is 10.1. The van der Waals surface area contributed by atoms with Gasteiger partial charge in [0, 0.05) is 12.4 Å². The van der Waals surface area contributed by atoms with Crippen LogP contribution in [0.15, 0.2) is 30.6 Å². The maximum Gasteiger partial charge on any atom is 0.414 e. The molecule has 2 aliphatic heterocycles. The van der Waals surface area contributed by atoms with Gasteiger partial charge in [0.1, 0.15) is 6.10 Å². The zero-order valence-electron chi connectivity index (χ0n) is 13.0. The zero-order chi connectivity index (χ0) is 15.5. The summed E-state index contributed by atoms with van der Waals surface area (Å²) in [5, 5.41) is 2.20. The Bertz CT molecular complexity index is 549. The number of allylic oxidation sites excluding steroid dienone is 1. The van der Waals surface area contributed by atoms with Crippen molar-refractivity contribution in [2.75, 3.05) is 42.8 Å². The highest BCUT2D eigenvalue weighted by molar-refractivity contribution is 5.89. The van der Waals surface area contributed by atoms with Crippen LogP contribution in [-0.4, -0.2) is 49.7 Å². The molecule has 0 aliphatic carbocycles. The van der Waals surface area contributed by atoms with Gasteiger partial charge in [-0.25, -0.2) is 4.79 Å². The summed E-state index contributed by atoms with van der Waals surface area (Å²) in [6.45, 7) is 9.70. The van der Waals surface area contributed by atoms with E-state index in [1.165, 1.54) is 0 Å². The largest absolute Gasteiger partial charge is 0.444 e. The van der Waals surface area contributed by atoms with E-state index in [-0.39, 0.29) is 12.2 Å². The van der Waals surface area contributed by atoms with Gasteiger partial charge >= 0.3 is 6.09 Å². The molecule has 0 aromatic carbocycles. The molecule has 1 aromatic rings. The first-order chi connectivity index (χ1) is 10.6. The van der Waals surface area contributed by atoms with Crippen LogP contribution in [0.25, 0.3) is 0 Å². The Morgan fingerprint density at radius 1 is 1.41 bits per heavy atom. The van der Waals surface area contributed by atoms with Gasteiger partial charge in [-0.1, -0.05) is 5.57 Å². The fourth-order valence-electron chi connectivity index (χ4n) is 2.78. The maximum atomic E-state index is 12.1. The van der Waals surface area contributed by atoms with E-state index in [4.69, 9.17) is 9.47 Å². The summed E-state index contributed by atoms with van der Waals surface area (Å²) in [6.07, 6.45) is 5.38. The van der Waals surface area contributed by atoms with Gasteiger partial charge in [0.2, 0.25) is 0 Å². The van der Waals surface area contributed by atoms with Crippen molar-refractivity contribution in [1.29, 1.82) is 0 Å². The van der Waals surface area contributed by atoms with Crippen molar-refractivity contribution < 1.29 is 14.3 Å². The molecule has 0 bridgehead atoms. The molecule has 0 N–H and O–H groups in total. The van der Waals surface area contributed by atoms with E-state index in [9.17, 15) is 4.79 Å². The van der Waals surface area contributed by atoms with Gasteiger partial charge in [0.15, 0.2) is 0 Å². The van der Waals surface area contributed by atoms with E-state index >= 15 is 0 Å². The zero-order valence-corrected chi connectivity index (χ0v) is 13.0. The summed E-state index contributed by atoms with van der Waals surface area (Å²) in [4.78, 5) is 13.8. The smallest absolute Gasteiger partial charge is 0.414 e. The molecule has 2 fully saturated rings. The van der Waals surface area contributed by atoms with E-state index in [1.807, 2.05) is 30.1 Å². The molecule has 3 rings (SSSR count). The lowest BCUT2D eigenvalue weighted by Crippen LogP contribution is -2.43. The van der Waals surface area contributed by atoms with Crippen molar-refractivity contribution in [2.24, 2.45) is 0 Å². The van der Waals surface area contributed by atoms with Gasteiger partial charge in [0.05, 0.1) is 38.5 Å². The van der Waals surface area contributed by atoms with Crippen molar-refractivity contribution in [2.45, 2.75) is 25.9 Å². The van der Waals surface area contributed by atoms with E-state index < -0.39 is 0 Å². The standard InChI is InChI=1S/C16H23N3O3/c1-13(2)3-4-15-12-19(16(20)22-15)14-5-6-18(11-14)17-7-9-21-10-8-17/h5-6,11,15H,1,3-4,7-10,12H2,2H3. The Hall–Kier alpha value is -1.95. The number of anilines is 1. The number of carbonyl (C=O) groups is 1. The van der Waals surface area contributed by atoms with E-state index in [0.29, 0.717) is 6.54 Å². The molecular weight excluding hydrogens is 282 g/mol. The second-order valence-corrected chi connectivity index (χ2v) is 5.93. The molecule has 2 aliphatic rings. The molecule has 2 saturated heterocycles. The fourth-order valence-corrected chi connectivity index (χ4v) is 2.78. The van der Waals surface area contributed by atoms with E-state index in [0.717, 1.165) is 50.4 Å². The minimum Gasteiger partial charge on any atom is -0.444 e. The summed E-state index contributed by atoms with van der Waals surface area (Å²) in [7, 11) is 0. The van der Waals surface area contributed by atoms with Crippen LogP contribution in [0.4, 0.5) is 10.5 Å². The molecule has 0 radical (unpaired) electrons. The number of nitrogens with zero attached hydrogens (tertiary/aromatic N) is 3. The number of hydrogen-bond acceptors (Lipinski definition) is 4. The van der Waals surface area contributed by atoms with E-state index in [1.54, 1.807) is 4.90 Å². The molecule has 1 unspecified atom stereocenters. The molecule has 6 heteroatoms. The van der Waals surface area contributed by atoms with Crippen LogP contribution in [0.1, 0.15) is 19.8 Å². The average molecular weight is 305 g/mol. The summed E-state index contributed by atoms with van der Waals surface area (Å²) < 4.78 is 12.8. The van der Waals surface area contributed by atoms with Gasteiger partial charge in [-0.15, -0.1) is 6.58 Å². The first-order valence-corrected chi connectivity index (χ1v) is 7.77. The monoisotopic (exact) mass is 305 g/mol. The highest BCUT2D eigenvalue weighted by Gasteiger charge is 2.32. The molecule has 0 spiro atoms. The Kier molecular flexibility index (Phi) is 4.38. The van der Waals surface area contributed by atoms with Crippen LogP contribution in [0.3, 0.4) is 0 Å².